The average molecular weight is 264 g/mol. The molecule has 1 saturated carbocycles. The van der Waals surface area contributed by atoms with Gasteiger partial charge < -0.3 is 5.73 Å². The SMILES string of the molecule is N#CC1=C(N)C(C#N)(C#N)C2=CCCC2C12CCCC2. The smallest absolute Gasteiger partial charge is 0.204 e. The molecule has 0 radical (unpaired) electrons. The minimum Gasteiger partial charge on any atom is -0.399 e. The van der Waals surface area contributed by atoms with Crippen molar-refractivity contribution in [1.82, 2.24) is 0 Å². The Morgan fingerprint density at radius 3 is 2.35 bits per heavy atom. The molecule has 4 nitrogen and oxygen atoms in total. The van der Waals surface area contributed by atoms with Gasteiger partial charge in [0.05, 0.1) is 29.5 Å². The quantitative estimate of drug-likeness (QED) is 0.680. The van der Waals surface area contributed by atoms with Crippen molar-refractivity contribution in [3.63, 3.8) is 0 Å². The minimum atomic E-state index is -1.42. The van der Waals surface area contributed by atoms with Crippen LogP contribution in [0.1, 0.15) is 38.5 Å². The number of nitrogens with two attached hydrogens (primary N) is 1. The molecule has 20 heavy (non-hydrogen) atoms. The molecule has 0 amide bonds. The van der Waals surface area contributed by atoms with Gasteiger partial charge in [0.25, 0.3) is 0 Å². The van der Waals surface area contributed by atoms with Gasteiger partial charge in [0.1, 0.15) is 0 Å². The van der Waals surface area contributed by atoms with E-state index in [0.717, 1.165) is 44.1 Å². The summed E-state index contributed by atoms with van der Waals surface area (Å²) in [4.78, 5) is 0. The highest BCUT2D eigenvalue weighted by molar-refractivity contribution is 5.57. The average Bonchev–Trinajstić information content (AvgIpc) is 3.11. The van der Waals surface area contributed by atoms with Crippen molar-refractivity contribution < 1.29 is 0 Å². The summed E-state index contributed by atoms with van der Waals surface area (Å²) in [5, 5.41) is 28.7. The summed E-state index contributed by atoms with van der Waals surface area (Å²) in [6.07, 6.45) is 7.90. The zero-order valence-electron chi connectivity index (χ0n) is 11.3. The molecule has 0 aromatic heterocycles. The van der Waals surface area contributed by atoms with Crippen LogP contribution in [0, 0.1) is 50.7 Å². The fourth-order valence-electron chi connectivity index (χ4n) is 4.53. The van der Waals surface area contributed by atoms with Crippen molar-refractivity contribution in [2.45, 2.75) is 38.5 Å². The van der Waals surface area contributed by atoms with Gasteiger partial charge in [-0.3, -0.25) is 0 Å². The molecule has 0 aromatic rings. The van der Waals surface area contributed by atoms with E-state index in [1.54, 1.807) is 0 Å². The first-order chi connectivity index (χ1) is 9.66. The molecule has 4 heteroatoms. The number of nitrogens with zero attached hydrogens (tertiary/aromatic N) is 3. The van der Waals surface area contributed by atoms with E-state index >= 15 is 0 Å². The second-order valence-corrected chi connectivity index (χ2v) is 6.03. The number of allylic oxidation sites excluding steroid dienone is 3. The zero-order valence-corrected chi connectivity index (χ0v) is 11.3. The second kappa shape index (κ2) is 4.12. The van der Waals surface area contributed by atoms with E-state index in [0.29, 0.717) is 5.57 Å². The normalized spacial score (nSPS) is 29.2. The third kappa shape index (κ3) is 1.23. The van der Waals surface area contributed by atoms with Crippen molar-refractivity contribution in [3.05, 3.63) is 22.9 Å². The van der Waals surface area contributed by atoms with Crippen molar-refractivity contribution in [2.24, 2.45) is 22.5 Å². The minimum absolute atomic E-state index is 0.145. The Labute approximate surface area is 118 Å². The molecule has 1 fully saturated rings. The van der Waals surface area contributed by atoms with E-state index in [9.17, 15) is 15.8 Å². The third-order valence-electron chi connectivity index (χ3n) is 5.41. The highest BCUT2D eigenvalue weighted by Crippen LogP contribution is 2.63. The van der Waals surface area contributed by atoms with E-state index in [1.807, 2.05) is 6.08 Å². The Balaban J connectivity index is 2.33. The molecule has 3 aliphatic carbocycles. The van der Waals surface area contributed by atoms with Gasteiger partial charge in [0.2, 0.25) is 5.41 Å². The van der Waals surface area contributed by atoms with Gasteiger partial charge in [-0.25, -0.2) is 0 Å². The Morgan fingerprint density at radius 1 is 1.15 bits per heavy atom. The molecule has 2 N–H and O–H groups in total. The summed E-state index contributed by atoms with van der Waals surface area (Å²) in [6, 6.07) is 6.44. The molecular weight excluding hydrogens is 248 g/mol. The predicted molar refractivity (Wildman–Crippen MR) is 72.2 cm³/mol. The van der Waals surface area contributed by atoms with Crippen LogP contribution in [-0.2, 0) is 0 Å². The number of rotatable bonds is 0. The van der Waals surface area contributed by atoms with Crippen LogP contribution in [0.4, 0.5) is 0 Å². The van der Waals surface area contributed by atoms with Gasteiger partial charge in [0.15, 0.2) is 0 Å². The molecule has 1 unspecified atom stereocenters. The maximum Gasteiger partial charge on any atom is 0.204 e. The Bertz CT molecular complexity index is 627. The standard InChI is InChI=1S/C16H16N4/c17-8-13-14(20)16(9-18,10-19)12-5-3-4-11(12)15(13)6-1-2-7-15/h5,11H,1-4,6-7,20H2. The lowest BCUT2D eigenvalue weighted by molar-refractivity contribution is 0.223. The molecule has 3 aliphatic rings. The fourth-order valence-corrected chi connectivity index (χ4v) is 4.53. The van der Waals surface area contributed by atoms with Crippen molar-refractivity contribution >= 4 is 0 Å². The number of hydrogen-bond acceptors (Lipinski definition) is 4. The van der Waals surface area contributed by atoms with E-state index < -0.39 is 5.41 Å². The topological polar surface area (TPSA) is 97.4 Å². The lowest BCUT2D eigenvalue weighted by atomic mass is 9.55. The maximum absolute atomic E-state index is 9.60. The van der Waals surface area contributed by atoms with Crippen molar-refractivity contribution in [1.29, 1.82) is 15.8 Å². The molecule has 0 aromatic carbocycles. The van der Waals surface area contributed by atoms with Crippen molar-refractivity contribution in [2.75, 3.05) is 0 Å². The molecule has 100 valence electrons. The van der Waals surface area contributed by atoms with E-state index in [-0.39, 0.29) is 17.0 Å². The zero-order chi connectivity index (χ0) is 14.4. The van der Waals surface area contributed by atoms with E-state index in [2.05, 4.69) is 18.2 Å². The second-order valence-electron chi connectivity index (χ2n) is 6.03. The van der Waals surface area contributed by atoms with E-state index in [4.69, 9.17) is 5.73 Å². The fraction of sp³-hybridized carbons (Fsp3) is 0.562. The van der Waals surface area contributed by atoms with Crippen LogP contribution in [0.5, 0.6) is 0 Å². The Morgan fingerprint density at radius 2 is 1.80 bits per heavy atom. The highest BCUT2D eigenvalue weighted by Gasteiger charge is 2.59. The number of hydrogen-bond donors (Lipinski definition) is 1. The molecular formula is C16H16N4. The monoisotopic (exact) mass is 264 g/mol. The lowest BCUT2D eigenvalue weighted by Crippen LogP contribution is -2.44. The lowest BCUT2D eigenvalue weighted by Gasteiger charge is -2.45. The maximum atomic E-state index is 9.60. The van der Waals surface area contributed by atoms with Crippen LogP contribution in [0.2, 0.25) is 0 Å². The largest absolute Gasteiger partial charge is 0.399 e. The summed E-state index contributed by atoms with van der Waals surface area (Å²) in [5.41, 5.74) is 6.11. The summed E-state index contributed by atoms with van der Waals surface area (Å²) in [6.45, 7) is 0. The first-order valence-electron chi connectivity index (χ1n) is 7.10. The van der Waals surface area contributed by atoms with Gasteiger partial charge >= 0.3 is 0 Å². The first kappa shape index (κ1) is 12.8. The van der Waals surface area contributed by atoms with Gasteiger partial charge in [-0.2, -0.15) is 15.8 Å². The summed E-state index contributed by atoms with van der Waals surface area (Å²) in [5.74, 6) is 0.145. The van der Waals surface area contributed by atoms with Gasteiger partial charge in [0, 0.05) is 5.41 Å². The van der Waals surface area contributed by atoms with Crippen LogP contribution in [0.25, 0.3) is 0 Å². The van der Waals surface area contributed by atoms with E-state index in [1.165, 1.54) is 0 Å². The Kier molecular flexibility index (Phi) is 2.63. The van der Waals surface area contributed by atoms with Crippen molar-refractivity contribution in [3.8, 4) is 18.2 Å². The molecule has 1 atom stereocenters. The Hall–Kier alpha value is -2.25. The first-order valence-corrected chi connectivity index (χ1v) is 7.10. The predicted octanol–water partition coefficient (Wildman–Crippen LogP) is 2.67. The summed E-state index contributed by atoms with van der Waals surface area (Å²) < 4.78 is 0. The number of nitriles is 3. The number of fused-ring (bicyclic) bond motifs is 2. The molecule has 1 spiro atoms. The summed E-state index contributed by atoms with van der Waals surface area (Å²) in [7, 11) is 0. The molecule has 0 saturated heterocycles. The highest BCUT2D eigenvalue weighted by atomic mass is 14.7. The third-order valence-corrected chi connectivity index (χ3v) is 5.41. The van der Waals surface area contributed by atoms with Crippen LogP contribution in [0.15, 0.2) is 22.9 Å². The molecule has 0 aliphatic heterocycles. The van der Waals surface area contributed by atoms with Gasteiger partial charge in [-0.1, -0.05) is 18.9 Å². The molecule has 0 heterocycles. The van der Waals surface area contributed by atoms with Gasteiger partial charge in [-0.05, 0) is 37.2 Å². The van der Waals surface area contributed by atoms with Crippen LogP contribution in [0.3, 0.4) is 0 Å². The van der Waals surface area contributed by atoms with Crippen LogP contribution < -0.4 is 5.73 Å². The van der Waals surface area contributed by atoms with Gasteiger partial charge in [-0.15, -0.1) is 0 Å². The summed E-state index contributed by atoms with van der Waals surface area (Å²) >= 11 is 0. The van der Waals surface area contributed by atoms with Crippen LogP contribution in [-0.4, -0.2) is 0 Å². The molecule has 0 bridgehead atoms. The van der Waals surface area contributed by atoms with Crippen LogP contribution >= 0.6 is 0 Å². The molecule has 3 rings (SSSR count).